The Labute approximate surface area is 196 Å². The van der Waals surface area contributed by atoms with Gasteiger partial charge in [-0.3, -0.25) is 9.59 Å². The summed E-state index contributed by atoms with van der Waals surface area (Å²) >= 11 is 0. The molecule has 0 unspecified atom stereocenters. The molecule has 4 rings (SSSR count). The van der Waals surface area contributed by atoms with E-state index in [1.165, 1.54) is 10.6 Å². The minimum atomic E-state index is -0.428. The third-order valence-corrected chi connectivity index (χ3v) is 5.44. The fourth-order valence-electron chi connectivity index (χ4n) is 3.71. The zero-order chi connectivity index (χ0) is 23.9. The maximum atomic E-state index is 12.8. The second-order valence-corrected chi connectivity index (χ2v) is 7.77. The molecule has 0 radical (unpaired) electrons. The van der Waals surface area contributed by atoms with Gasteiger partial charge >= 0.3 is 0 Å². The molecule has 2 aromatic carbocycles. The van der Waals surface area contributed by atoms with Crippen LogP contribution in [-0.2, 0) is 13.0 Å². The molecule has 170 valence electrons. The molecule has 0 atom stereocenters. The molecule has 4 aromatic rings. The van der Waals surface area contributed by atoms with Crippen molar-refractivity contribution in [3.63, 3.8) is 0 Å². The van der Waals surface area contributed by atoms with Crippen LogP contribution in [0.5, 0.6) is 0 Å². The lowest BCUT2D eigenvalue weighted by atomic mass is 10.1. The number of hydrogen-bond donors (Lipinski definition) is 2. The molecular formula is C26H24N6O2. The molecule has 1 amide bonds. The van der Waals surface area contributed by atoms with Crippen LogP contribution in [0.1, 0.15) is 33.6 Å². The Kier molecular flexibility index (Phi) is 6.84. The van der Waals surface area contributed by atoms with Crippen molar-refractivity contribution in [2.24, 2.45) is 0 Å². The Bertz CT molecular complexity index is 1380. The third-order valence-electron chi connectivity index (χ3n) is 5.44. The normalized spacial score (nSPS) is 10.6. The zero-order valence-corrected chi connectivity index (χ0v) is 18.5. The molecule has 0 aliphatic carbocycles. The summed E-state index contributed by atoms with van der Waals surface area (Å²) in [7, 11) is 0. The first-order chi connectivity index (χ1) is 16.6. The smallest absolute Gasteiger partial charge is 0.263 e. The standard InChI is InChI=1S/C26H24N6O2/c27-17-22-23(30-32(24(22)28)20-11-5-2-6-12-20)14-7-15-29-25(33)21-13-8-16-31(26(21)34)18-19-9-3-1-4-10-19/h1-6,8-13,16H,7,14-15,18,28H2,(H,29,33). The number of aryl methyl sites for hydroxylation is 1. The largest absolute Gasteiger partial charge is 0.382 e. The first-order valence-electron chi connectivity index (χ1n) is 10.9. The SMILES string of the molecule is N#Cc1c(CCCNC(=O)c2cccn(Cc3ccccc3)c2=O)nn(-c2ccccc2)c1N. The number of hydrogen-bond acceptors (Lipinski definition) is 5. The van der Waals surface area contributed by atoms with E-state index in [2.05, 4.69) is 16.5 Å². The van der Waals surface area contributed by atoms with Gasteiger partial charge in [0, 0.05) is 12.7 Å². The Morgan fingerprint density at radius 3 is 2.44 bits per heavy atom. The van der Waals surface area contributed by atoms with Gasteiger partial charge in [0.25, 0.3) is 11.5 Å². The Hall–Kier alpha value is -4.64. The minimum absolute atomic E-state index is 0.0914. The maximum absolute atomic E-state index is 12.8. The first-order valence-corrected chi connectivity index (χ1v) is 10.9. The summed E-state index contributed by atoms with van der Waals surface area (Å²) in [6, 6.07) is 24.3. The molecule has 3 N–H and O–H groups in total. The van der Waals surface area contributed by atoms with Gasteiger partial charge in [-0.2, -0.15) is 10.4 Å². The highest BCUT2D eigenvalue weighted by molar-refractivity contribution is 5.93. The Morgan fingerprint density at radius 1 is 1.03 bits per heavy atom. The number of pyridine rings is 1. The fraction of sp³-hybridized carbons (Fsp3) is 0.154. The number of nitrogens with one attached hydrogen (secondary N) is 1. The van der Waals surface area contributed by atoms with Crippen molar-refractivity contribution in [3.8, 4) is 11.8 Å². The zero-order valence-electron chi connectivity index (χ0n) is 18.5. The minimum Gasteiger partial charge on any atom is -0.382 e. The number of rotatable bonds is 8. The Morgan fingerprint density at radius 2 is 1.74 bits per heavy atom. The van der Waals surface area contributed by atoms with Crippen LogP contribution < -0.4 is 16.6 Å². The second-order valence-electron chi connectivity index (χ2n) is 7.77. The topological polar surface area (TPSA) is 119 Å². The van der Waals surface area contributed by atoms with E-state index < -0.39 is 5.91 Å². The van der Waals surface area contributed by atoms with Crippen LogP contribution in [0, 0.1) is 11.3 Å². The highest BCUT2D eigenvalue weighted by Gasteiger charge is 2.17. The summed E-state index contributed by atoms with van der Waals surface area (Å²) in [4.78, 5) is 25.4. The summed E-state index contributed by atoms with van der Waals surface area (Å²) in [5, 5.41) is 16.8. The van der Waals surface area contributed by atoms with Crippen LogP contribution in [0.25, 0.3) is 5.69 Å². The summed E-state index contributed by atoms with van der Waals surface area (Å²) in [6.07, 6.45) is 2.67. The van der Waals surface area contributed by atoms with Crippen molar-refractivity contribution in [1.82, 2.24) is 19.7 Å². The van der Waals surface area contributed by atoms with Gasteiger partial charge in [-0.15, -0.1) is 0 Å². The van der Waals surface area contributed by atoms with E-state index in [1.54, 1.807) is 16.9 Å². The second kappa shape index (κ2) is 10.3. The third kappa shape index (κ3) is 4.89. The molecule has 0 saturated carbocycles. The number of carbonyl (C=O) groups excluding carboxylic acids is 1. The first kappa shape index (κ1) is 22.6. The molecule has 0 aliphatic heterocycles. The van der Waals surface area contributed by atoms with Crippen LogP contribution in [0.15, 0.2) is 83.8 Å². The van der Waals surface area contributed by atoms with Crippen molar-refractivity contribution < 1.29 is 4.79 Å². The molecule has 2 aromatic heterocycles. The average Bonchev–Trinajstić information content (AvgIpc) is 3.19. The average molecular weight is 453 g/mol. The number of nitrogen functional groups attached to an aromatic ring is 1. The van der Waals surface area contributed by atoms with Gasteiger partial charge in [0.1, 0.15) is 23.0 Å². The van der Waals surface area contributed by atoms with E-state index in [9.17, 15) is 14.9 Å². The van der Waals surface area contributed by atoms with Gasteiger partial charge in [0.15, 0.2) is 0 Å². The van der Waals surface area contributed by atoms with Crippen molar-refractivity contribution in [1.29, 1.82) is 5.26 Å². The van der Waals surface area contributed by atoms with Gasteiger partial charge in [-0.05, 0) is 42.7 Å². The van der Waals surface area contributed by atoms with E-state index >= 15 is 0 Å². The Balaban J connectivity index is 1.39. The van der Waals surface area contributed by atoms with Crippen LogP contribution in [0.3, 0.4) is 0 Å². The summed E-state index contributed by atoms with van der Waals surface area (Å²) in [6.45, 7) is 0.720. The van der Waals surface area contributed by atoms with E-state index in [1.807, 2.05) is 60.7 Å². The number of nitriles is 1. The van der Waals surface area contributed by atoms with Crippen molar-refractivity contribution in [2.75, 3.05) is 12.3 Å². The lowest BCUT2D eigenvalue weighted by Crippen LogP contribution is -2.33. The summed E-state index contributed by atoms with van der Waals surface area (Å²) < 4.78 is 3.06. The van der Waals surface area contributed by atoms with Gasteiger partial charge in [0.05, 0.1) is 17.9 Å². The van der Waals surface area contributed by atoms with Gasteiger partial charge in [0.2, 0.25) is 0 Å². The lowest BCUT2D eigenvalue weighted by molar-refractivity contribution is 0.0951. The van der Waals surface area contributed by atoms with Crippen molar-refractivity contribution in [2.45, 2.75) is 19.4 Å². The number of para-hydroxylation sites is 1. The lowest BCUT2D eigenvalue weighted by Gasteiger charge is -2.09. The monoisotopic (exact) mass is 452 g/mol. The molecule has 0 aliphatic rings. The highest BCUT2D eigenvalue weighted by Crippen LogP contribution is 2.21. The molecule has 0 bridgehead atoms. The molecule has 2 heterocycles. The molecule has 0 fully saturated rings. The molecular weight excluding hydrogens is 428 g/mol. The van der Waals surface area contributed by atoms with Crippen LogP contribution in [0.2, 0.25) is 0 Å². The maximum Gasteiger partial charge on any atom is 0.263 e. The van der Waals surface area contributed by atoms with E-state index in [4.69, 9.17) is 5.73 Å². The quantitative estimate of drug-likeness (QED) is 0.399. The van der Waals surface area contributed by atoms with Crippen LogP contribution in [-0.4, -0.2) is 26.8 Å². The predicted molar refractivity (Wildman–Crippen MR) is 130 cm³/mol. The molecule has 34 heavy (non-hydrogen) atoms. The van der Waals surface area contributed by atoms with E-state index in [0.717, 1.165) is 11.3 Å². The van der Waals surface area contributed by atoms with Crippen LogP contribution in [0.4, 0.5) is 5.82 Å². The van der Waals surface area contributed by atoms with Crippen LogP contribution >= 0.6 is 0 Å². The highest BCUT2D eigenvalue weighted by atomic mass is 16.2. The number of benzene rings is 2. The summed E-state index contributed by atoms with van der Waals surface area (Å²) in [5.41, 5.74) is 8.54. The number of nitrogens with two attached hydrogens (primary N) is 1. The van der Waals surface area contributed by atoms with E-state index in [-0.39, 0.29) is 16.9 Å². The van der Waals surface area contributed by atoms with Gasteiger partial charge in [-0.25, -0.2) is 4.68 Å². The molecule has 0 spiro atoms. The van der Waals surface area contributed by atoms with Gasteiger partial charge in [-0.1, -0.05) is 48.5 Å². The predicted octanol–water partition coefficient (Wildman–Crippen LogP) is 2.90. The number of anilines is 1. The van der Waals surface area contributed by atoms with E-state index in [0.29, 0.717) is 37.2 Å². The van der Waals surface area contributed by atoms with Gasteiger partial charge < -0.3 is 15.6 Å². The molecule has 8 nitrogen and oxygen atoms in total. The number of amides is 1. The van der Waals surface area contributed by atoms with Crippen molar-refractivity contribution in [3.05, 3.63) is 112 Å². The van der Waals surface area contributed by atoms with Crippen molar-refractivity contribution >= 4 is 11.7 Å². The number of aromatic nitrogens is 3. The number of nitrogens with zero attached hydrogens (tertiary/aromatic N) is 4. The molecule has 0 saturated heterocycles. The fourth-order valence-corrected chi connectivity index (χ4v) is 3.71. The number of carbonyl (C=O) groups is 1. The summed E-state index contributed by atoms with van der Waals surface area (Å²) in [5.74, 6) is -0.141. The molecule has 8 heteroatoms.